The summed E-state index contributed by atoms with van der Waals surface area (Å²) in [6.45, 7) is 8.63. The molecule has 0 saturated heterocycles. The SMILES string of the molecule is CC(C)c1ccc(N)cc1.CC(C)c1ccccc1N.Cl.Cl. The fourth-order valence-electron chi connectivity index (χ4n) is 1.92. The molecule has 124 valence electrons. The van der Waals surface area contributed by atoms with Gasteiger partial charge in [-0.2, -0.15) is 0 Å². The van der Waals surface area contributed by atoms with Gasteiger partial charge in [-0.1, -0.05) is 58.0 Å². The van der Waals surface area contributed by atoms with Crippen molar-refractivity contribution in [3.05, 3.63) is 59.7 Å². The minimum atomic E-state index is 0. The predicted octanol–water partition coefficient (Wildman–Crippen LogP) is 5.63. The molecular formula is C18H28Cl2N2. The molecule has 0 aliphatic heterocycles. The lowest BCUT2D eigenvalue weighted by molar-refractivity contribution is 0.867. The van der Waals surface area contributed by atoms with Crippen molar-refractivity contribution in [1.82, 2.24) is 0 Å². The van der Waals surface area contributed by atoms with E-state index in [2.05, 4.69) is 45.9 Å². The van der Waals surface area contributed by atoms with E-state index >= 15 is 0 Å². The Kier molecular flexibility index (Phi) is 11.7. The highest BCUT2D eigenvalue weighted by Gasteiger charge is 2.00. The molecule has 2 aromatic rings. The molecule has 22 heavy (non-hydrogen) atoms. The number of hydrogen-bond acceptors (Lipinski definition) is 2. The largest absolute Gasteiger partial charge is 0.399 e. The van der Waals surface area contributed by atoms with Crippen LogP contribution < -0.4 is 11.5 Å². The molecule has 0 aliphatic rings. The van der Waals surface area contributed by atoms with E-state index in [0.29, 0.717) is 11.8 Å². The van der Waals surface area contributed by atoms with Crippen LogP contribution in [-0.2, 0) is 0 Å². The van der Waals surface area contributed by atoms with E-state index < -0.39 is 0 Å². The van der Waals surface area contributed by atoms with E-state index in [9.17, 15) is 0 Å². The quantitative estimate of drug-likeness (QED) is 0.695. The topological polar surface area (TPSA) is 52.0 Å². The molecule has 2 rings (SSSR count). The van der Waals surface area contributed by atoms with Crippen LogP contribution in [0, 0.1) is 0 Å². The van der Waals surface area contributed by atoms with Crippen LogP contribution in [0.25, 0.3) is 0 Å². The van der Waals surface area contributed by atoms with Gasteiger partial charge in [-0.05, 0) is 41.2 Å². The average Bonchev–Trinajstić information content (AvgIpc) is 2.40. The number of para-hydroxylation sites is 1. The summed E-state index contributed by atoms with van der Waals surface area (Å²) in [7, 11) is 0. The molecule has 0 heterocycles. The van der Waals surface area contributed by atoms with Crippen LogP contribution in [0.1, 0.15) is 50.7 Å². The van der Waals surface area contributed by atoms with Crippen LogP contribution in [0.15, 0.2) is 48.5 Å². The van der Waals surface area contributed by atoms with Gasteiger partial charge in [0.1, 0.15) is 0 Å². The molecule has 0 unspecified atom stereocenters. The van der Waals surface area contributed by atoms with E-state index in [1.807, 2.05) is 30.3 Å². The van der Waals surface area contributed by atoms with Gasteiger partial charge in [0.05, 0.1) is 0 Å². The van der Waals surface area contributed by atoms with Crippen LogP contribution >= 0.6 is 24.8 Å². The first-order chi connectivity index (χ1) is 9.41. The zero-order chi connectivity index (χ0) is 15.1. The van der Waals surface area contributed by atoms with E-state index in [1.165, 1.54) is 11.1 Å². The monoisotopic (exact) mass is 342 g/mol. The maximum atomic E-state index is 5.72. The highest BCUT2D eigenvalue weighted by Crippen LogP contribution is 2.20. The standard InChI is InChI=1S/2C9H13N.2ClH/c1-7(2)8-3-5-9(10)6-4-8;1-7(2)8-5-3-4-6-9(8)10;;/h2*3-7H,10H2,1-2H3;2*1H. The van der Waals surface area contributed by atoms with Gasteiger partial charge >= 0.3 is 0 Å². The summed E-state index contributed by atoms with van der Waals surface area (Å²) < 4.78 is 0. The van der Waals surface area contributed by atoms with Crippen molar-refractivity contribution in [3.63, 3.8) is 0 Å². The molecule has 0 aliphatic carbocycles. The number of nitrogen functional groups attached to an aromatic ring is 2. The molecule has 2 nitrogen and oxygen atoms in total. The van der Waals surface area contributed by atoms with Crippen molar-refractivity contribution < 1.29 is 0 Å². The number of nitrogens with two attached hydrogens (primary N) is 2. The number of anilines is 2. The van der Waals surface area contributed by atoms with Crippen LogP contribution in [0.4, 0.5) is 11.4 Å². The Morgan fingerprint density at radius 3 is 1.55 bits per heavy atom. The summed E-state index contributed by atoms with van der Waals surface area (Å²) in [5.74, 6) is 1.13. The third kappa shape index (κ3) is 7.58. The first-order valence-corrected chi connectivity index (χ1v) is 7.11. The van der Waals surface area contributed by atoms with Gasteiger partial charge in [-0.3, -0.25) is 0 Å². The molecule has 2 aromatic carbocycles. The molecule has 0 fully saturated rings. The lowest BCUT2D eigenvalue weighted by atomic mass is 10.0. The summed E-state index contributed by atoms with van der Waals surface area (Å²) in [6, 6.07) is 16.0. The fraction of sp³-hybridized carbons (Fsp3) is 0.333. The minimum absolute atomic E-state index is 0. The zero-order valence-electron chi connectivity index (χ0n) is 13.7. The van der Waals surface area contributed by atoms with Gasteiger partial charge in [0.2, 0.25) is 0 Å². The Bertz CT molecular complexity index is 523. The Labute approximate surface area is 147 Å². The molecule has 4 N–H and O–H groups in total. The Morgan fingerprint density at radius 2 is 1.18 bits per heavy atom. The lowest BCUT2D eigenvalue weighted by Gasteiger charge is -2.07. The minimum Gasteiger partial charge on any atom is -0.399 e. The Hall–Kier alpha value is -1.38. The second kappa shape index (κ2) is 11.2. The summed E-state index contributed by atoms with van der Waals surface area (Å²) >= 11 is 0. The second-order valence-electron chi connectivity index (χ2n) is 5.60. The van der Waals surface area contributed by atoms with Crippen LogP contribution in [0.2, 0.25) is 0 Å². The van der Waals surface area contributed by atoms with Gasteiger partial charge in [-0.15, -0.1) is 24.8 Å². The lowest BCUT2D eigenvalue weighted by Crippen LogP contribution is -1.94. The molecule has 4 heteroatoms. The van der Waals surface area contributed by atoms with Gasteiger partial charge in [0.15, 0.2) is 0 Å². The van der Waals surface area contributed by atoms with E-state index in [0.717, 1.165) is 11.4 Å². The summed E-state index contributed by atoms with van der Waals surface area (Å²) in [4.78, 5) is 0. The van der Waals surface area contributed by atoms with E-state index in [1.54, 1.807) is 0 Å². The zero-order valence-corrected chi connectivity index (χ0v) is 15.4. The first-order valence-electron chi connectivity index (χ1n) is 7.11. The molecule has 0 aromatic heterocycles. The van der Waals surface area contributed by atoms with Crippen molar-refractivity contribution in [2.75, 3.05) is 11.5 Å². The Balaban J connectivity index is 0. The summed E-state index contributed by atoms with van der Waals surface area (Å²) in [5, 5.41) is 0. The van der Waals surface area contributed by atoms with E-state index in [4.69, 9.17) is 11.5 Å². The van der Waals surface area contributed by atoms with Crippen molar-refractivity contribution >= 4 is 36.2 Å². The summed E-state index contributed by atoms with van der Waals surface area (Å²) in [6.07, 6.45) is 0. The number of halogens is 2. The second-order valence-corrected chi connectivity index (χ2v) is 5.60. The third-order valence-corrected chi connectivity index (χ3v) is 3.22. The van der Waals surface area contributed by atoms with Crippen molar-refractivity contribution in [1.29, 1.82) is 0 Å². The molecule has 0 bridgehead atoms. The summed E-state index contributed by atoms with van der Waals surface area (Å²) in [5.41, 5.74) is 15.6. The van der Waals surface area contributed by atoms with Crippen LogP contribution in [-0.4, -0.2) is 0 Å². The number of rotatable bonds is 2. The fourth-order valence-corrected chi connectivity index (χ4v) is 1.92. The van der Waals surface area contributed by atoms with Gasteiger partial charge in [-0.25, -0.2) is 0 Å². The van der Waals surface area contributed by atoms with E-state index in [-0.39, 0.29) is 24.8 Å². The van der Waals surface area contributed by atoms with Gasteiger partial charge in [0, 0.05) is 11.4 Å². The van der Waals surface area contributed by atoms with Crippen LogP contribution in [0.3, 0.4) is 0 Å². The van der Waals surface area contributed by atoms with Crippen LogP contribution in [0.5, 0.6) is 0 Å². The maximum Gasteiger partial charge on any atom is 0.0349 e. The molecular weight excluding hydrogens is 315 g/mol. The molecule has 0 radical (unpaired) electrons. The van der Waals surface area contributed by atoms with Gasteiger partial charge in [0.25, 0.3) is 0 Å². The van der Waals surface area contributed by atoms with Crippen molar-refractivity contribution in [2.24, 2.45) is 0 Å². The predicted molar refractivity (Wildman–Crippen MR) is 104 cm³/mol. The third-order valence-electron chi connectivity index (χ3n) is 3.22. The molecule has 0 amide bonds. The normalized spacial score (nSPS) is 9.36. The Morgan fingerprint density at radius 1 is 0.682 bits per heavy atom. The molecule has 0 saturated carbocycles. The highest BCUT2D eigenvalue weighted by molar-refractivity contribution is 5.85. The maximum absolute atomic E-state index is 5.72. The molecule has 0 atom stereocenters. The van der Waals surface area contributed by atoms with Gasteiger partial charge < -0.3 is 11.5 Å². The smallest absolute Gasteiger partial charge is 0.0349 e. The first kappa shape index (κ1) is 22.9. The number of hydrogen-bond donors (Lipinski definition) is 2. The number of benzene rings is 2. The molecule has 0 spiro atoms. The van der Waals surface area contributed by atoms with Crippen molar-refractivity contribution in [3.8, 4) is 0 Å². The van der Waals surface area contributed by atoms with Crippen molar-refractivity contribution in [2.45, 2.75) is 39.5 Å². The average molecular weight is 343 g/mol. The highest BCUT2D eigenvalue weighted by atomic mass is 35.5.